The minimum Gasteiger partial charge on any atom is -0.361 e. The molecule has 4 heteroatoms. The molecule has 3 rings (SSSR count). The van der Waals surface area contributed by atoms with Crippen molar-refractivity contribution in [2.45, 2.75) is 50.6 Å². The molecule has 0 saturated heterocycles. The van der Waals surface area contributed by atoms with Crippen molar-refractivity contribution < 1.29 is 4.79 Å². The molecule has 0 aliphatic heterocycles. The summed E-state index contributed by atoms with van der Waals surface area (Å²) in [6.07, 6.45) is 8.52. The first-order valence-electron chi connectivity index (χ1n) is 8.24. The predicted molar refractivity (Wildman–Crippen MR) is 89.6 cm³/mol. The Balaban J connectivity index is 1.68. The van der Waals surface area contributed by atoms with Crippen LogP contribution >= 0.6 is 0 Å². The maximum Gasteiger partial charge on any atom is 0.239 e. The molecule has 1 saturated carbocycles. The molecule has 0 radical (unpaired) electrons. The number of fused-ring (bicyclic) bond motifs is 1. The van der Waals surface area contributed by atoms with Crippen LogP contribution in [-0.4, -0.2) is 34.9 Å². The third-order valence-corrected chi connectivity index (χ3v) is 4.90. The summed E-state index contributed by atoms with van der Waals surface area (Å²) in [5, 5.41) is 1.16. The van der Waals surface area contributed by atoms with Gasteiger partial charge in [-0.25, -0.2) is 0 Å². The van der Waals surface area contributed by atoms with Gasteiger partial charge in [0.15, 0.2) is 0 Å². The van der Waals surface area contributed by atoms with E-state index in [1.807, 2.05) is 36.3 Å². The third-order valence-electron chi connectivity index (χ3n) is 4.90. The van der Waals surface area contributed by atoms with Gasteiger partial charge in [-0.1, -0.05) is 37.5 Å². The molecular weight excluding hydrogens is 274 g/mol. The standard InChI is InChI=1S/C18H25N3O/c1-21(14-7-3-2-4-8-14)18(22)16(19)11-13-12-20-17-10-6-5-9-15(13)17/h5-6,9-10,12,14,16,20H,2-4,7-8,11,19H2,1H3/t16-/m0/s1. The van der Waals surface area contributed by atoms with E-state index >= 15 is 0 Å². The van der Waals surface area contributed by atoms with Crippen LogP contribution in [0.3, 0.4) is 0 Å². The molecule has 118 valence electrons. The van der Waals surface area contributed by atoms with Crippen molar-refractivity contribution in [3.8, 4) is 0 Å². The molecule has 3 N–H and O–H groups in total. The Morgan fingerprint density at radius 3 is 2.82 bits per heavy atom. The number of benzene rings is 1. The minimum atomic E-state index is -0.467. The van der Waals surface area contributed by atoms with Gasteiger partial charge in [-0.15, -0.1) is 0 Å². The highest BCUT2D eigenvalue weighted by Gasteiger charge is 2.26. The number of carbonyl (C=O) groups is 1. The molecule has 1 heterocycles. The van der Waals surface area contributed by atoms with Gasteiger partial charge >= 0.3 is 0 Å². The summed E-state index contributed by atoms with van der Waals surface area (Å²) in [5.74, 6) is 0.0668. The maximum atomic E-state index is 12.6. The number of nitrogens with zero attached hydrogens (tertiary/aromatic N) is 1. The summed E-state index contributed by atoms with van der Waals surface area (Å²) in [6, 6.07) is 8.04. The Kier molecular flexibility index (Phi) is 4.48. The summed E-state index contributed by atoms with van der Waals surface area (Å²) in [6.45, 7) is 0. The summed E-state index contributed by atoms with van der Waals surface area (Å²) in [7, 11) is 1.91. The number of hydrogen-bond acceptors (Lipinski definition) is 2. The molecule has 1 aliphatic rings. The van der Waals surface area contributed by atoms with Crippen LogP contribution in [0.5, 0.6) is 0 Å². The maximum absolute atomic E-state index is 12.6. The summed E-state index contributed by atoms with van der Waals surface area (Å²) in [4.78, 5) is 17.7. The monoisotopic (exact) mass is 299 g/mol. The average molecular weight is 299 g/mol. The normalized spacial score (nSPS) is 17.5. The van der Waals surface area contributed by atoms with E-state index in [4.69, 9.17) is 5.73 Å². The Bertz CT molecular complexity index is 643. The first-order chi connectivity index (χ1) is 10.7. The van der Waals surface area contributed by atoms with Crippen molar-refractivity contribution in [2.24, 2.45) is 5.73 Å². The first-order valence-corrected chi connectivity index (χ1v) is 8.24. The van der Waals surface area contributed by atoms with E-state index in [2.05, 4.69) is 11.1 Å². The van der Waals surface area contributed by atoms with E-state index in [-0.39, 0.29) is 5.91 Å². The van der Waals surface area contributed by atoms with E-state index in [1.165, 1.54) is 19.3 Å². The highest BCUT2D eigenvalue weighted by Crippen LogP contribution is 2.23. The molecule has 1 aromatic carbocycles. The summed E-state index contributed by atoms with van der Waals surface area (Å²) < 4.78 is 0. The molecule has 0 spiro atoms. The Hall–Kier alpha value is -1.81. The lowest BCUT2D eigenvalue weighted by Crippen LogP contribution is -2.48. The molecule has 1 atom stereocenters. The Morgan fingerprint density at radius 2 is 2.05 bits per heavy atom. The lowest BCUT2D eigenvalue weighted by atomic mass is 9.94. The SMILES string of the molecule is CN(C(=O)[C@@H](N)Cc1c[nH]c2ccccc12)C1CCCCC1. The summed E-state index contributed by atoms with van der Waals surface area (Å²) >= 11 is 0. The van der Waals surface area contributed by atoms with Gasteiger partial charge in [0.1, 0.15) is 0 Å². The van der Waals surface area contributed by atoms with Gasteiger partial charge < -0.3 is 15.6 Å². The molecule has 1 aliphatic carbocycles. The Morgan fingerprint density at radius 1 is 1.32 bits per heavy atom. The van der Waals surface area contributed by atoms with E-state index in [1.54, 1.807) is 0 Å². The molecule has 1 fully saturated rings. The highest BCUT2D eigenvalue weighted by atomic mass is 16.2. The minimum absolute atomic E-state index is 0.0668. The zero-order valence-electron chi connectivity index (χ0n) is 13.2. The van der Waals surface area contributed by atoms with Crippen LogP contribution in [-0.2, 0) is 11.2 Å². The van der Waals surface area contributed by atoms with Crippen molar-refractivity contribution in [2.75, 3.05) is 7.05 Å². The van der Waals surface area contributed by atoms with Crippen molar-refractivity contribution in [3.05, 3.63) is 36.0 Å². The number of nitrogens with one attached hydrogen (secondary N) is 1. The van der Waals surface area contributed by atoms with Crippen LogP contribution < -0.4 is 5.73 Å². The first kappa shape index (κ1) is 15.1. The summed E-state index contributed by atoms with van der Waals surface area (Å²) in [5.41, 5.74) is 8.42. The smallest absolute Gasteiger partial charge is 0.239 e. The van der Waals surface area contributed by atoms with Crippen LogP contribution in [0.1, 0.15) is 37.7 Å². The largest absolute Gasteiger partial charge is 0.361 e. The molecule has 22 heavy (non-hydrogen) atoms. The van der Waals surface area contributed by atoms with E-state index in [0.717, 1.165) is 29.3 Å². The fraction of sp³-hybridized carbons (Fsp3) is 0.500. The molecular formula is C18H25N3O. The van der Waals surface area contributed by atoms with Gasteiger partial charge in [-0.2, -0.15) is 0 Å². The second-order valence-corrected chi connectivity index (χ2v) is 6.41. The van der Waals surface area contributed by atoms with Crippen LogP contribution in [0, 0.1) is 0 Å². The van der Waals surface area contributed by atoms with Crippen LogP contribution in [0.4, 0.5) is 0 Å². The molecule has 1 amide bonds. The zero-order chi connectivity index (χ0) is 15.5. The van der Waals surface area contributed by atoms with Gasteiger partial charge in [-0.05, 0) is 30.9 Å². The fourth-order valence-corrected chi connectivity index (χ4v) is 3.53. The number of aromatic nitrogens is 1. The lowest BCUT2D eigenvalue weighted by Gasteiger charge is -2.32. The van der Waals surface area contributed by atoms with Crippen molar-refractivity contribution in [1.82, 2.24) is 9.88 Å². The number of hydrogen-bond donors (Lipinski definition) is 2. The van der Waals surface area contributed by atoms with Gasteiger partial charge in [0, 0.05) is 30.2 Å². The fourth-order valence-electron chi connectivity index (χ4n) is 3.53. The average Bonchev–Trinajstić information content (AvgIpc) is 2.97. The number of para-hydroxylation sites is 1. The molecule has 4 nitrogen and oxygen atoms in total. The van der Waals surface area contributed by atoms with Gasteiger partial charge in [0.25, 0.3) is 0 Å². The molecule has 2 aromatic rings. The van der Waals surface area contributed by atoms with Crippen LogP contribution in [0.15, 0.2) is 30.5 Å². The van der Waals surface area contributed by atoms with E-state index < -0.39 is 6.04 Å². The Labute approximate surface area is 131 Å². The number of amides is 1. The van der Waals surface area contributed by atoms with Crippen LogP contribution in [0.25, 0.3) is 10.9 Å². The number of carbonyl (C=O) groups excluding carboxylic acids is 1. The number of aromatic amines is 1. The number of H-pyrrole nitrogens is 1. The molecule has 0 bridgehead atoms. The lowest BCUT2D eigenvalue weighted by molar-refractivity contribution is -0.133. The van der Waals surface area contributed by atoms with E-state index in [9.17, 15) is 4.79 Å². The topological polar surface area (TPSA) is 62.1 Å². The van der Waals surface area contributed by atoms with Gasteiger partial charge in [0.2, 0.25) is 5.91 Å². The van der Waals surface area contributed by atoms with E-state index in [0.29, 0.717) is 12.5 Å². The number of rotatable bonds is 4. The second-order valence-electron chi connectivity index (χ2n) is 6.41. The van der Waals surface area contributed by atoms with Gasteiger partial charge in [0.05, 0.1) is 6.04 Å². The van der Waals surface area contributed by atoms with Crippen LogP contribution in [0.2, 0.25) is 0 Å². The molecule has 1 aromatic heterocycles. The number of likely N-dealkylation sites (N-methyl/N-ethyl adjacent to an activating group) is 1. The molecule has 0 unspecified atom stereocenters. The zero-order valence-corrected chi connectivity index (χ0v) is 13.2. The second kappa shape index (κ2) is 6.53. The number of nitrogens with two attached hydrogens (primary N) is 1. The van der Waals surface area contributed by atoms with Gasteiger partial charge in [-0.3, -0.25) is 4.79 Å². The third kappa shape index (κ3) is 3.02. The van der Waals surface area contributed by atoms with Crippen molar-refractivity contribution in [1.29, 1.82) is 0 Å². The highest BCUT2D eigenvalue weighted by molar-refractivity contribution is 5.86. The predicted octanol–water partition coefficient (Wildman–Crippen LogP) is 2.83. The van der Waals surface area contributed by atoms with Crippen molar-refractivity contribution >= 4 is 16.8 Å². The quantitative estimate of drug-likeness (QED) is 0.912. The van der Waals surface area contributed by atoms with Crippen molar-refractivity contribution in [3.63, 3.8) is 0 Å².